The van der Waals surface area contributed by atoms with Gasteiger partial charge in [0.1, 0.15) is 18.4 Å². The molecular weight excluding hydrogens is 256 g/mol. The maximum atomic E-state index is 8.94. The van der Waals surface area contributed by atoms with Crippen LogP contribution in [0.4, 0.5) is 5.69 Å². The maximum Gasteiger partial charge on any atom is 0.137 e. The van der Waals surface area contributed by atoms with Crippen molar-refractivity contribution < 1.29 is 4.74 Å². The summed E-state index contributed by atoms with van der Waals surface area (Å²) in [5.74, 6) is 0.534. The first-order valence-corrected chi connectivity index (χ1v) is 6.05. The normalized spacial score (nSPS) is 9.88. The average molecular weight is 265 g/mol. The molecule has 0 aliphatic carbocycles. The van der Waals surface area contributed by atoms with Crippen molar-refractivity contribution in [2.75, 3.05) is 5.73 Å². The summed E-state index contributed by atoms with van der Waals surface area (Å²) < 4.78 is 6.28. The van der Waals surface area contributed by atoms with Crippen molar-refractivity contribution in [2.24, 2.45) is 0 Å². The van der Waals surface area contributed by atoms with E-state index in [2.05, 4.69) is 6.07 Å². The van der Waals surface area contributed by atoms with Crippen molar-refractivity contribution in [1.29, 1.82) is 5.26 Å². The number of thiophene rings is 1. The Hall–Kier alpha value is -1.70. The largest absolute Gasteiger partial charge is 0.487 e. The standard InChI is InChI=1S/C12H9ClN2OS/c13-12-4-2-10(17-12)7-16-11-3-1-9(15)5-8(11)6-14/h1-5H,7,15H2. The van der Waals surface area contributed by atoms with E-state index in [-0.39, 0.29) is 0 Å². The molecule has 0 radical (unpaired) electrons. The van der Waals surface area contributed by atoms with Gasteiger partial charge in [-0.1, -0.05) is 11.6 Å². The fraction of sp³-hybridized carbons (Fsp3) is 0.0833. The monoisotopic (exact) mass is 264 g/mol. The van der Waals surface area contributed by atoms with Crippen molar-refractivity contribution in [3.63, 3.8) is 0 Å². The van der Waals surface area contributed by atoms with Crippen LogP contribution >= 0.6 is 22.9 Å². The number of nitrogens with two attached hydrogens (primary N) is 1. The molecule has 0 aliphatic heterocycles. The molecule has 0 aliphatic rings. The lowest BCUT2D eigenvalue weighted by atomic mass is 10.2. The van der Waals surface area contributed by atoms with Gasteiger partial charge >= 0.3 is 0 Å². The molecule has 86 valence electrons. The highest BCUT2D eigenvalue weighted by Gasteiger charge is 2.05. The zero-order chi connectivity index (χ0) is 12.3. The third-order valence-corrected chi connectivity index (χ3v) is 3.33. The zero-order valence-corrected chi connectivity index (χ0v) is 10.4. The third kappa shape index (κ3) is 2.90. The lowest BCUT2D eigenvalue weighted by Gasteiger charge is -2.06. The number of nitrogen functional groups attached to an aromatic ring is 1. The molecule has 0 atom stereocenters. The van der Waals surface area contributed by atoms with Crippen LogP contribution in [0.5, 0.6) is 5.75 Å². The van der Waals surface area contributed by atoms with Crippen molar-refractivity contribution in [3.05, 3.63) is 45.1 Å². The Bertz CT molecular complexity index is 574. The van der Waals surface area contributed by atoms with E-state index in [9.17, 15) is 0 Å². The number of anilines is 1. The van der Waals surface area contributed by atoms with Crippen LogP contribution in [-0.4, -0.2) is 0 Å². The molecule has 17 heavy (non-hydrogen) atoms. The van der Waals surface area contributed by atoms with E-state index in [1.165, 1.54) is 11.3 Å². The van der Waals surface area contributed by atoms with E-state index in [1.807, 2.05) is 12.1 Å². The van der Waals surface area contributed by atoms with Crippen LogP contribution in [-0.2, 0) is 6.61 Å². The highest BCUT2D eigenvalue weighted by Crippen LogP contribution is 2.25. The Morgan fingerprint density at radius 1 is 1.35 bits per heavy atom. The van der Waals surface area contributed by atoms with Crippen molar-refractivity contribution in [3.8, 4) is 11.8 Å². The van der Waals surface area contributed by atoms with Gasteiger partial charge in [-0.25, -0.2) is 0 Å². The number of nitriles is 1. The van der Waals surface area contributed by atoms with Gasteiger partial charge in [0.25, 0.3) is 0 Å². The van der Waals surface area contributed by atoms with Crippen molar-refractivity contribution in [2.45, 2.75) is 6.61 Å². The van der Waals surface area contributed by atoms with Crippen LogP contribution in [0.15, 0.2) is 30.3 Å². The second-order valence-corrected chi connectivity index (χ2v) is 5.16. The molecule has 1 aromatic heterocycles. The third-order valence-electron chi connectivity index (χ3n) is 2.12. The fourth-order valence-electron chi connectivity index (χ4n) is 1.34. The van der Waals surface area contributed by atoms with Gasteiger partial charge in [0, 0.05) is 10.6 Å². The predicted octanol–water partition coefficient (Wildman–Crippen LogP) is 3.43. The smallest absolute Gasteiger partial charge is 0.137 e. The Morgan fingerprint density at radius 2 is 2.18 bits per heavy atom. The number of nitrogens with zero attached hydrogens (tertiary/aromatic N) is 1. The lowest BCUT2D eigenvalue weighted by molar-refractivity contribution is 0.309. The second kappa shape index (κ2) is 5.09. The van der Waals surface area contributed by atoms with E-state index in [4.69, 9.17) is 27.3 Å². The molecule has 3 nitrogen and oxygen atoms in total. The highest BCUT2D eigenvalue weighted by atomic mass is 35.5. The Balaban J connectivity index is 2.12. The first-order valence-electron chi connectivity index (χ1n) is 4.85. The number of halogens is 1. The predicted molar refractivity (Wildman–Crippen MR) is 69.2 cm³/mol. The van der Waals surface area contributed by atoms with E-state index < -0.39 is 0 Å². The number of benzene rings is 1. The van der Waals surface area contributed by atoms with Crippen LogP contribution in [0.1, 0.15) is 10.4 Å². The van der Waals surface area contributed by atoms with Crippen LogP contribution in [0.2, 0.25) is 4.34 Å². The average Bonchev–Trinajstić information content (AvgIpc) is 2.73. The van der Waals surface area contributed by atoms with Gasteiger partial charge in [-0.3, -0.25) is 0 Å². The molecule has 1 heterocycles. The van der Waals surface area contributed by atoms with Gasteiger partial charge < -0.3 is 10.5 Å². The summed E-state index contributed by atoms with van der Waals surface area (Å²) in [6.07, 6.45) is 0. The highest BCUT2D eigenvalue weighted by molar-refractivity contribution is 7.16. The molecule has 1 aromatic carbocycles. The molecule has 5 heteroatoms. The Morgan fingerprint density at radius 3 is 2.82 bits per heavy atom. The van der Waals surface area contributed by atoms with Gasteiger partial charge in [0.15, 0.2) is 0 Å². The summed E-state index contributed by atoms with van der Waals surface area (Å²) in [6, 6.07) is 10.8. The summed E-state index contributed by atoms with van der Waals surface area (Å²) in [6.45, 7) is 0.399. The van der Waals surface area contributed by atoms with Crippen LogP contribution in [0.3, 0.4) is 0 Å². The van der Waals surface area contributed by atoms with E-state index in [0.717, 1.165) is 9.21 Å². The van der Waals surface area contributed by atoms with Gasteiger partial charge in [0.2, 0.25) is 0 Å². The molecule has 0 spiro atoms. The molecule has 0 amide bonds. The molecule has 2 N–H and O–H groups in total. The van der Waals surface area contributed by atoms with Gasteiger partial charge in [-0.2, -0.15) is 5.26 Å². The van der Waals surface area contributed by atoms with Gasteiger partial charge in [-0.15, -0.1) is 11.3 Å². The number of ether oxygens (including phenoxy) is 1. The minimum absolute atomic E-state index is 0.399. The quantitative estimate of drug-likeness (QED) is 0.864. The number of hydrogen-bond donors (Lipinski definition) is 1. The topological polar surface area (TPSA) is 59.0 Å². The van der Waals surface area contributed by atoms with Crippen molar-refractivity contribution >= 4 is 28.6 Å². The summed E-state index contributed by atoms with van der Waals surface area (Å²) in [4.78, 5) is 1.01. The summed E-state index contributed by atoms with van der Waals surface area (Å²) >= 11 is 7.27. The summed E-state index contributed by atoms with van der Waals surface area (Å²) in [5, 5.41) is 8.94. The molecule has 0 fully saturated rings. The van der Waals surface area contributed by atoms with Crippen LogP contribution in [0.25, 0.3) is 0 Å². The Kier molecular flexibility index (Phi) is 3.52. The zero-order valence-electron chi connectivity index (χ0n) is 8.81. The van der Waals surface area contributed by atoms with Gasteiger partial charge in [-0.05, 0) is 30.3 Å². The molecule has 2 aromatic rings. The molecule has 0 saturated heterocycles. The second-order valence-electron chi connectivity index (χ2n) is 3.36. The van der Waals surface area contributed by atoms with E-state index in [1.54, 1.807) is 18.2 Å². The van der Waals surface area contributed by atoms with E-state index in [0.29, 0.717) is 23.6 Å². The SMILES string of the molecule is N#Cc1cc(N)ccc1OCc1ccc(Cl)s1. The molecule has 2 rings (SSSR count). The molecule has 0 bridgehead atoms. The minimum Gasteiger partial charge on any atom is -0.487 e. The molecular formula is C12H9ClN2OS. The minimum atomic E-state index is 0.399. The molecule has 0 saturated carbocycles. The van der Waals surface area contributed by atoms with Crippen LogP contribution in [0, 0.1) is 11.3 Å². The molecule has 0 unspecified atom stereocenters. The summed E-state index contributed by atoms with van der Waals surface area (Å²) in [7, 11) is 0. The fourth-order valence-corrected chi connectivity index (χ4v) is 2.34. The van der Waals surface area contributed by atoms with Gasteiger partial charge in [0.05, 0.1) is 9.90 Å². The summed E-state index contributed by atoms with van der Waals surface area (Å²) in [5.41, 5.74) is 6.58. The van der Waals surface area contributed by atoms with E-state index >= 15 is 0 Å². The number of hydrogen-bond acceptors (Lipinski definition) is 4. The number of rotatable bonds is 3. The Labute approximate surface area is 108 Å². The van der Waals surface area contributed by atoms with Crippen LogP contribution < -0.4 is 10.5 Å². The van der Waals surface area contributed by atoms with Crippen molar-refractivity contribution in [1.82, 2.24) is 0 Å². The first kappa shape index (κ1) is 11.8. The maximum absolute atomic E-state index is 8.94. The first-order chi connectivity index (χ1) is 8.19. The lowest BCUT2D eigenvalue weighted by Crippen LogP contribution is -1.96.